The van der Waals surface area contributed by atoms with E-state index in [0.717, 1.165) is 18.7 Å². The van der Waals surface area contributed by atoms with E-state index >= 15 is 0 Å². The number of carbonyl (C=O) groups excluding carboxylic acids is 1. The number of rotatable bonds is 4. The Labute approximate surface area is 161 Å². The lowest BCUT2D eigenvalue weighted by Gasteiger charge is -2.15. The maximum absolute atomic E-state index is 13.9. The summed E-state index contributed by atoms with van der Waals surface area (Å²) in [7, 11) is 1.40. The summed E-state index contributed by atoms with van der Waals surface area (Å²) >= 11 is 0. The van der Waals surface area contributed by atoms with Crippen molar-refractivity contribution in [1.82, 2.24) is 14.9 Å². The number of hydrogen-bond donors (Lipinski definition) is 1. The minimum atomic E-state index is -0.481. The van der Waals surface area contributed by atoms with Crippen LogP contribution >= 0.6 is 0 Å². The molecule has 28 heavy (non-hydrogen) atoms. The Kier molecular flexibility index (Phi) is 4.58. The first-order chi connectivity index (χ1) is 13.5. The molecule has 1 amide bonds. The lowest BCUT2D eigenvalue weighted by molar-refractivity contribution is 0.0940. The van der Waals surface area contributed by atoms with Gasteiger partial charge in [-0.3, -0.25) is 14.2 Å². The molecule has 2 aromatic carbocycles. The van der Waals surface area contributed by atoms with Crippen LogP contribution in [0.5, 0.6) is 5.75 Å². The van der Waals surface area contributed by atoms with Gasteiger partial charge in [-0.1, -0.05) is 6.07 Å². The quantitative estimate of drug-likeness (QED) is 0.754. The van der Waals surface area contributed by atoms with E-state index in [2.05, 4.69) is 10.3 Å². The number of nitrogens with one attached hydrogen (secondary N) is 1. The molecule has 1 N–H and O–H groups in total. The summed E-state index contributed by atoms with van der Waals surface area (Å²) < 4.78 is 20.5. The van der Waals surface area contributed by atoms with E-state index in [9.17, 15) is 14.0 Å². The molecule has 1 aliphatic heterocycles. The van der Waals surface area contributed by atoms with E-state index in [0.29, 0.717) is 28.6 Å². The van der Waals surface area contributed by atoms with Crippen molar-refractivity contribution in [3.8, 4) is 5.75 Å². The number of methoxy groups -OCH3 is 1. The predicted molar refractivity (Wildman–Crippen MR) is 103 cm³/mol. The number of carbonyl (C=O) groups is 1. The minimum Gasteiger partial charge on any atom is -0.494 e. The fraction of sp³-hybridized carbons (Fsp3) is 0.286. The molecule has 1 aromatic heterocycles. The molecule has 1 unspecified atom stereocenters. The highest BCUT2D eigenvalue weighted by Crippen LogP contribution is 2.22. The van der Waals surface area contributed by atoms with Crippen molar-refractivity contribution in [2.24, 2.45) is 0 Å². The van der Waals surface area contributed by atoms with Crippen molar-refractivity contribution in [2.75, 3.05) is 7.11 Å². The highest BCUT2D eigenvalue weighted by atomic mass is 19.1. The number of aryl methyl sites for hydroxylation is 1. The maximum atomic E-state index is 13.9. The molecule has 3 aromatic rings. The van der Waals surface area contributed by atoms with Gasteiger partial charge in [-0.2, -0.15) is 0 Å². The number of aromatic nitrogens is 2. The van der Waals surface area contributed by atoms with Crippen LogP contribution in [0.25, 0.3) is 10.9 Å². The summed E-state index contributed by atoms with van der Waals surface area (Å²) in [5.41, 5.74) is 1.49. The van der Waals surface area contributed by atoms with E-state index in [1.807, 2.05) is 0 Å². The van der Waals surface area contributed by atoms with Gasteiger partial charge in [0.1, 0.15) is 5.82 Å². The zero-order chi connectivity index (χ0) is 19.8. The van der Waals surface area contributed by atoms with Crippen LogP contribution < -0.4 is 15.6 Å². The van der Waals surface area contributed by atoms with Gasteiger partial charge in [0.15, 0.2) is 11.6 Å². The monoisotopic (exact) mass is 381 g/mol. The second-order valence-corrected chi connectivity index (χ2v) is 6.91. The fourth-order valence-electron chi connectivity index (χ4n) is 3.54. The Hall–Kier alpha value is -3.22. The summed E-state index contributed by atoms with van der Waals surface area (Å²) in [5, 5.41) is 3.36. The average Bonchev–Trinajstić information content (AvgIpc) is 3.16. The number of fused-ring (bicyclic) bond motifs is 2. The third-order valence-electron chi connectivity index (χ3n) is 5.10. The highest BCUT2D eigenvalue weighted by molar-refractivity contribution is 5.97. The third kappa shape index (κ3) is 3.13. The highest BCUT2D eigenvalue weighted by Gasteiger charge is 2.18. The van der Waals surface area contributed by atoms with Crippen LogP contribution in [0.3, 0.4) is 0 Å². The lowest BCUT2D eigenvalue weighted by Crippen LogP contribution is -2.27. The summed E-state index contributed by atoms with van der Waals surface area (Å²) in [6, 6.07) is 9.07. The summed E-state index contributed by atoms with van der Waals surface area (Å²) in [6.45, 7) is 2.47. The molecule has 0 radical (unpaired) electrons. The molecule has 6 nitrogen and oxygen atoms in total. The topological polar surface area (TPSA) is 73.2 Å². The number of nitrogens with zero attached hydrogens (tertiary/aromatic N) is 2. The van der Waals surface area contributed by atoms with Crippen LogP contribution in [0, 0.1) is 5.82 Å². The summed E-state index contributed by atoms with van der Waals surface area (Å²) in [4.78, 5) is 29.7. The Morgan fingerprint density at radius 3 is 2.86 bits per heavy atom. The van der Waals surface area contributed by atoms with Crippen molar-refractivity contribution in [3.05, 3.63) is 69.5 Å². The summed E-state index contributed by atoms with van der Waals surface area (Å²) in [6.07, 6.45) is 1.67. The van der Waals surface area contributed by atoms with Crippen molar-refractivity contribution in [1.29, 1.82) is 0 Å². The molecule has 1 aliphatic rings. The van der Waals surface area contributed by atoms with E-state index < -0.39 is 11.9 Å². The van der Waals surface area contributed by atoms with Gasteiger partial charge >= 0.3 is 0 Å². The van der Waals surface area contributed by atoms with Crippen LogP contribution in [-0.2, 0) is 13.0 Å². The smallest absolute Gasteiger partial charge is 0.261 e. The summed E-state index contributed by atoms with van der Waals surface area (Å²) in [5.74, 6) is 0.122. The molecule has 4 rings (SSSR count). The standard InChI is InChI=1S/C21H20FN3O3/c1-12(13-6-8-18(28-2)16(22)10-13)23-20(26)14-5-7-15-17(11-14)24-19-4-3-9-25(19)21(15)27/h5-8,10-12H,3-4,9H2,1-2H3,(H,23,26). The van der Waals surface area contributed by atoms with E-state index in [-0.39, 0.29) is 17.2 Å². The first-order valence-corrected chi connectivity index (χ1v) is 9.15. The van der Waals surface area contributed by atoms with E-state index in [4.69, 9.17) is 4.74 Å². The second kappa shape index (κ2) is 7.07. The van der Waals surface area contributed by atoms with Crippen LogP contribution in [0.1, 0.15) is 41.1 Å². The predicted octanol–water partition coefficient (Wildman–Crippen LogP) is 2.98. The largest absolute Gasteiger partial charge is 0.494 e. The van der Waals surface area contributed by atoms with Crippen LogP contribution in [0.15, 0.2) is 41.2 Å². The van der Waals surface area contributed by atoms with Gasteiger partial charge in [-0.05, 0) is 49.2 Å². The van der Waals surface area contributed by atoms with E-state index in [1.165, 1.54) is 19.2 Å². The SMILES string of the molecule is COc1ccc(C(C)NC(=O)c2ccc3c(=O)n4c(nc3c2)CCC4)cc1F. The van der Waals surface area contributed by atoms with Gasteiger partial charge in [0.05, 0.1) is 24.1 Å². The fourth-order valence-corrected chi connectivity index (χ4v) is 3.54. The van der Waals surface area contributed by atoms with Gasteiger partial charge in [0.25, 0.3) is 11.5 Å². The normalized spacial score (nSPS) is 14.0. The van der Waals surface area contributed by atoms with Gasteiger partial charge < -0.3 is 10.1 Å². The molecule has 7 heteroatoms. The number of benzene rings is 2. The molecule has 1 atom stereocenters. The molecular formula is C21H20FN3O3. The Balaban J connectivity index is 1.59. The zero-order valence-electron chi connectivity index (χ0n) is 15.7. The van der Waals surface area contributed by atoms with Crippen LogP contribution in [0.4, 0.5) is 4.39 Å². The number of amides is 1. The number of ether oxygens (including phenoxy) is 1. The minimum absolute atomic E-state index is 0.0634. The second-order valence-electron chi connectivity index (χ2n) is 6.91. The molecule has 0 saturated heterocycles. The van der Waals surface area contributed by atoms with Crippen LogP contribution in [0.2, 0.25) is 0 Å². The van der Waals surface area contributed by atoms with Gasteiger partial charge in [-0.15, -0.1) is 0 Å². The molecule has 144 valence electrons. The Morgan fingerprint density at radius 1 is 1.29 bits per heavy atom. The maximum Gasteiger partial charge on any atom is 0.261 e. The van der Waals surface area contributed by atoms with Gasteiger partial charge in [0.2, 0.25) is 0 Å². The van der Waals surface area contributed by atoms with Crippen LogP contribution in [-0.4, -0.2) is 22.6 Å². The number of hydrogen-bond acceptors (Lipinski definition) is 4. The van der Waals surface area contributed by atoms with Crippen molar-refractivity contribution in [2.45, 2.75) is 32.4 Å². The Morgan fingerprint density at radius 2 is 2.11 bits per heavy atom. The van der Waals surface area contributed by atoms with E-state index in [1.54, 1.807) is 35.8 Å². The van der Waals surface area contributed by atoms with Crippen molar-refractivity contribution < 1.29 is 13.9 Å². The zero-order valence-corrected chi connectivity index (χ0v) is 15.7. The van der Waals surface area contributed by atoms with Crippen molar-refractivity contribution in [3.63, 3.8) is 0 Å². The molecule has 0 spiro atoms. The first-order valence-electron chi connectivity index (χ1n) is 9.15. The molecule has 0 saturated carbocycles. The molecule has 0 bridgehead atoms. The van der Waals surface area contributed by atoms with Gasteiger partial charge in [-0.25, -0.2) is 9.37 Å². The van der Waals surface area contributed by atoms with Crippen molar-refractivity contribution >= 4 is 16.8 Å². The molecule has 0 aliphatic carbocycles. The van der Waals surface area contributed by atoms with Gasteiger partial charge in [0, 0.05) is 18.5 Å². The number of halogens is 1. The average molecular weight is 381 g/mol. The first kappa shape index (κ1) is 18.2. The molecule has 0 fully saturated rings. The lowest BCUT2D eigenvalue weighted by atomic mass is 10.1. The molecule has 2 heterocycles. The Bertz CT molecular complexity index is 1140. The molecular weight excluding hydrogens is 361 g/mol. The third-order valence-corrected chi connectivity index (χ3v) is 5.10.